The molecule has 0 unspecified atom stereocenters. The topological polar surface area (TPSA) is 69.2 Å². The first-order valence-electron chi connectivity index (χ1n) is 9.31. The molecule has 2 aromatic heterocycles. The Bertz CT molecular complexity index is 804. The Kier molecular flexibility index (Phi) is 6.84. The maximum absolute atomic E-state index is 11.5. The van der Waals surface area contributed by atoms with Crippen LogP contribution in [0.15, 0.2) is 41.5 Å². The van der Waals surface area contributed by atoms with Gasteiger partial charge in [0.25, 0.3) is 0 Å². The highest BCUT2D eigenvalue weighted by atomic mass is 35.5. The molecule has 3 rings (SSSR count). The van der Waals surface area contributed by atoms with Gasteiger partial charge in [0.15, 0.2) is 0 Å². The molecule has 1 aliphatic rings. The lowest BCUT2D eigenvalue weighted by atomic mass is 9.82. The fourth-order valence-electron chi connectivity index (χ4n) is 3.89. The fraction of sp³-hybridized carbons (Fsp3) is 0.524. The largest absolute Gasteiger partial charge is 0.396 e. The lowest BCUT2D eigenvalue weighted by Crippen LogP contribution is -2.42. The second-order valence-corrected chi connectivity index (χ2v) is 8.14. The molecule has 148 valence electrons. The van der Waals surface area contributed by atoms with E-state index in [2.05, 4.69) is 40.8 Å². The second-order valence-electron chi connectivity index (χ2n) is 8.14. The summed E-state index contributed by atoms with van der Waals surface area (Å²) in [6, 6.07) is 7.80. The molecule has 1 fully saturated rings. The van der Waals surface area contributed by atoms with Crippen molar-refractivity contribution in [1.29, 1.82) is 0 Å². The van der Waals surface area contributed by atoms with Crippen LogP contribution >= 0.6 is 12.4 Å². The second kappa shape index (κ2) is 8.55. The van der Waals surface area contributed by atoms with Crippen molar-refractivity contribution in [1.82, 2.24) is 14.9 Å². The molecule has 27 heavy (non-hydrogen) atoms. The fourth-order valence-corrected chi connectivity index (χ4v) is 3.89. The summed E-state index contributed by atoms with van der Waals surface area (Å²) in [6.45, 7) is 8.43. The van der Waals surface area contributed by atoms with Gasteiger partial charge >= 0.3 is 0 Å². The monoisotopic (exact) mass is 391 g/mol. The van der Waals surface area contributed by atoms with Crippen LogP contribution in [0.5, 0.6) is 0 Å². The summed E-state index contributed by atoms with van der Waals surface area (Å²) in [7, 11) is 0. The third-order valence-electron chi connectivity index (χ3n) is 5.97. The van der Waals surface area contributed by atoms with Gasteiger partial charge in [0.05, 0.1) is 0 Å². The molecule has 3 heterocycles. The van der Waals surface area contributed by atoms with Crippen molar-refractivity contribution in [2.75, 3.05) is 19.7 Å². The van der Waals surface area contributed by atoms with Gasteiger partial charge < -0.3 is 10.1 Å². The number of halogens is 1. The van der Waals surface area contributed by atoms with Gasteiger partial charge in [0, 0.05) is 48.3 Å². The number of nitrogens with one attached hydrogen (secondary N) is 1. The van der Waals surface area contributed by atoms with Crippen molar-refractivity contribution in [2.24, 2.45) is 5.41 Å². The average molecular weight is 392 g/mol. The Labute approximate surface area is 167 Å². The van der Waals surface area contributed by atoms with Crippen molar-refractivity contribution < 1.29 is 5.11 Å². The predicted molar refractivity (Wildman–Crippen MR) is 110 cm³/mol. The molecule has 0 saturated carbocycles. The van der Waals surface area contributed by atoms with Crippen LogP contribution in [0.2, 0.25) is 0 Å². The van der Waals surface area contributed by atoms with Gasteiger partial charge in [-0.25, -0.2) is 0 Å². The molecule has 1 aliphatic heterocycles. The van der Waals surface area contributed by atoms with E-state index >= 15 is 0 Å². The van der Waals surface area contributed by atoms with E-state index < -0.39 is 0 Å². The number of aromatic nitrogens is 2. The van der Waals surface area contributed by atoms with Gasteiger partial charge in [-0.3, -0.25) is 14.7 Å². The third-order valence-corrected chi connectivity index (χ3v) is 5.97. The molecule has 6 heteroatoms. The molecular formula is C21H30ClN3O2. The van der Waals surface area contributed by atoms with Crippen LogP contribution in [0.3, 0.4) is 0 Å². The number of aryl methyl sites for hydroxylation is 2. The number of H-pyrrole nitrogens is 1. The summed E-state index contributed by atoms with van der Waals surface area (Å²) in [4.78, 5) is 21.0. The highest BCUT2D eigenvalue weighted by Gasteiger charge is 2.43. The van der Waals surface area contributed by atoms with Gasteiger partial charge in [0.2, 0.25) is 5.56 Å². The highest BCUT2D eigenvalue weighted by Crippen LogP contribution is 2.41. The number of nitrogens with zero attached hydrogens (tertiary/aromatic N) is 2. The molecule has 0 bridgehead atoms. The number of aliphatic hydroxyl groups excluding tert-OH is 1. The lowest BCUT2D eigenvalue weighted by Gasteiger charge is -2.37. The minimum Gasteiger partial charge on any atom is -0.396 e. The van der Waals surface area contributed by atoms with Gasteiger partial charge in [-0.15, -0.1) is 12.4 Å². The molecule has 0 amide bonds. The van der Waals surface area contributed by atoms with E-state index in [0.29, 0.717) is 0 Å². The Hall–Kier alpha value is -1.69. The van der Waals surface area contributed by atoms with Crippen LogP contribution in [0, 0.1) is 12.3 Å². The van der Waals surface area contributed by atoms with Crippen molar-refractivity contribution in [3.63, 3.8) is 0 Å². The van der Waals surface area contributed by atoms with Crippen molar-refractivity contribution in [3.8, 4) is 0 Å². The first-order valence-corrected chi connectivity index (χ1v) is 9.31. The first kappa shape index (κ1) is 21.6. The van der Waals surface area contributed by atoms with Gasteiger partial charge in [0.1, 0.15) is 0 Å². The number of hydrogen-bond acceptors (Lipinski definition) is 4. The molecule has 1 saturated heterocycles. The van der Waals surface area contributed by atoms with Crippen LogP contribution in [0.4, 0.5) is 0 Å². The number of likely N-dealkylation sites (tertiary alicyclic amines) is 1. The summed E-state index contributed by atoms with van der Waals surface area (Å²) in [5.41, 5.74) is 2.95. The average Bonchev–Trinajstić information content (AvgIpc) is 3.06. The summed E-state index contributed by atoms with van der Waals surface area (Å²) in [6.07, 6.45) is 6.31. The van der Waals surface area contributed by atoms with Crippen LogP contribution < -0.4 is 5.56 Å². The van der Waals surface area contributed by atoms with E-state index in [0.717, 1.165) is 43.6 Å². The zero-order valence-electron chi connectivity index (χ0n) is 16.4. The smallest absolute Gasteiger partial charge is 0.248 e. The highest BCUT2D eigenvalue weighted by molar-refractivity contribution is 5.85. The van der Waals surface area contributed by atoms with Gasteiger partial charge in [-0.1, -0.05) is 6.07 Å². The van der Waals surface area contributed by atoms with Crippen molar-refractivity contribution in [3.05, 3.63) is 63.8 Å². The van der Waals surface area contributed by atoms with Crippen LogP contribution in [0.1, 0.15) is 43.5 Å². The zero-order chi connectivity index (χ0) is 18.8. The summed E-state index contributed by atoms with van der Waals surface area (Å²) >= 11 is 0. The van der Waals surface area contributed by atoms with Crippen LogP contribution in [-0.4, -0.2) is 39.7 Å². The maximum Gasteiger partial charge on any atom is 0.248 e. The predicted octanol–water partition coefficient (Wildman–Crippen LogP) is 3.05. The first-order chi connectivity index (χ1) is 12.3. The number of rotatable bonds is 6. The summed E-state index contributed by atoms with van der Waals surface area (Å²) in [5.74, 6) is 0. The normalized spacial score (nSPS) is 20.4. The maximum atomic E-state index is 11.5. The lowest BCUT2D eigenvalue weighted by molar-refractivity contribution is 0.0870. The van der Waals surface area contributed by atoms with E-state index in [1.807, 2.05) is 19.2 Å². The van der Waals surface area contributed by atoms with Gasteiger partial charge in [-0.05, 0) is 69.8 Å². The van der Waals surface area contributed by atoms with E-state index in [1.165, 1.54) is 5.56 Å². The molecule has 2 aromatic rings. The molecule has 0 aliphatic carbocycles. The molecular weight excluding hydrogens is 362 g/mol. The van der Waals surface area contributed by atoms with Crippen LogP contribution in [-0.2, 0) is 12.0 Å². The zero-order valence-corrected chi connectivity index (χ0v) is 17.2. The Morgan fingerprint density at radius 2 is 2.11 bits per heavy atom. The number of aliphatic hydroxyl groups is 1. The summed E-state index contributed by atoms with van der Waals surface area (Å²) < 4.78 is 0. The SMILES string of the molecule is Cc1ccc(C(C)(C)N2CC[C@@](CO)(CCc3cc[nH]c(=O)c3)C2)cn1.Cl. The number of aromatic amines is 1. The quantitative estimate of drug-likeness (QED) is 0.794. The molecule has 0 spiro atoms. The Balaban J connectivity index is 0.00000261. The molecule has 0 radical (unpaired) electrons. The molecule has 2 N–H and O–H groups in total. The number of hydrogen-bond donors (Lipinski definition) is 2. The minimum absolute atomic E-state index is 0. The Morgan fingerprint density at radius 1 is 1.33 bits per heavy atom. The molecule has 0 aromatic carbocycles. The van der Waals surface area contributed by atoms with Crippen LogP contribution in [0.25, 0.3) is 0 Å². The molecule has 5 nitrogen and oxygen atoms in total. The summed E-state index contributed by atoms with van der Waals surface area (Å²) in [5, 5.41) is 10.1. The number of pyridine rings is 2. The third kappa shape index (κ3) is 4.78. The standard InChI is InChI=1S/C21H29N3O2.ClH/c1-16-4-5-18(13-23-16)20(2,3)24-11-9-21(14-24,15-25)8-6-17-7-10-22-19(26)12-17;/h4-5,7,10,12-13,25H,6,8-9,11,14-15H2,1-3H3,(H,22,26);1H/t21-;/m0./s1. The van der Waals surface area contributed by atoms with E-state index in [9.17, 15) is 9.90 Å². The van der Waals surface area contributed by atoms with Crippen molar-refractivity contribution >= 4 is 12.4 Å². The Morgan fingerprint density at radius 3 is 2.74 bits per heavy atom. The molecule has 1 atom stereocenters. The van der Waals surface area contributed by atoms with Gasteiger partial charge in [-0.2, -0.15) is 0 Å². The van der Waals surface area contributed by atoms with Crippen molar-refractivity contribution in [2.45, 2.75) is 45.6 Å². The van der Waals surface area contributed by atoms with E-state index in [1.54, 1.807) is 12.3 Å². The van der Waals surface area contributed by atoms with E-state index in [-0.39, 0.29) is 35.5 Å². The van der Waals surface area contributed by atoms with E-state index in [4.69, 9.17) is 0 Å². The minimum atomic E-state index is -0.123.